The molecule has 1 aromatic rings. The number of hydrogen-bond donors (Lipinski definition) is 2. The van der Waals surface area contributed by atoms with Gasteiger partial charge in [-0.1, -0.05) is 6.07 Å². The lowest BCUT2D eigenvalue weighted by atomic mass is 9.95. The molecular formula is C17H27N5O. The smallest absolute Gasteiger partial charge is 0.217 e. The summed E-state index contributed by atoms with van der Waals surface area (Å²) in [5.41, 5.74) is 6.53. The van der Waals surface area contributed by atoms with E-state index in [1.165, 1.54) is 5.56 Å². The highest BCUT2D eigenvalue weighted by Crippen LogP contribution is 2.19. The number of aromatic nitrogens is 1. The Hall–Kier alpha value is -2.11. The molecule has 1 aromatic heterocycles. The molecule has 1 amide bonds. The number of guanidine groups is 1. The summed E-state index contributed by atoms with van der Waals surface area (Å²) < 4.78 is 0. The number of nitrogens with one attached hydrogen (secondary N) is 1. The molecule has 0 spiro atoms. The van der Waals surface area contributed by atoms with Crippen molar-refractivity contribution in [3.63, 3.8) is 0 Å². The Morgan fingerprint density at radius 1 is 1.57 bits per heavy atom. The van der Waals surface area contributed by atoms with Gasteiger partial charge in [-0.15, -0.1) is 0 Å². The first kappa shape index (κ1) is 17.2. The fourth-order valence-corrected chi connectivity index (χ4v) is 2.97. The molecular weight excluding hydrogens is 290 g/mol. The zero-order chi connectivity index (χ0) is 16.5. The molecule has 1 unspecified atom stereocenters. The van der Waals surface area contributed by atoms with Crippen LogP contribution in [0.3, 0.4) is 0 Å². The third-order valence-corrected chi connectivity index (χ3v) is 4.03. The molecule has 0 bridgehead atoms. The minimum atomic E-state index is -0.213. The largest absolute Gasteiger partial charge is 0.370 e. The number of pyridine rings is 1. The van der Waals surface area contributed by atoms with Crippen molar-refractivity contribution in [2.45, 2.75) is 32.6 Å². The van der Waals surface area contributed by atoms with Crippen molar-refractivity contribution in [2.75, 3.05) is 26.2 Å². The summed E-state index contributed by atoms with van der Waals surface area (Å²) in [5, 5.41) is 3.36. The van der Waals surface area contributed by atoms with Gasteiger partial charge in [-0.3, -0.25) is 14.8 Å². The second-order valence-corrected chi connectivity index (χ2v) is 5.97. The molecule has 1 fully saturated rings. The summed E-state index contributed by atoms with van der Waals surface area (Å²) in [4.78, 5) is 22.3. The van der Waals surface area contributed by atoms with Crippen LogP contribution in [0, 0.1) is 5.92 Å². The van der Waals surface area contributed by atoms with Gasteiger partial charge < -0.3 is 16.0 Å². The van der Waals surface area contributed by atoms with Gasteiger partial charge in [0.15, 0.2) is 5.96 Å². The summed E-state index contributed by atoms with van der Waals surface area (Å²) >= 11 is 0. The van der Waals surface area contributed by atoms with Gasteiger partial charge in [-0.25, -0.2) is 0 Å². The second kappa shape index (κ2) is 9.12. The molecule has 0 aliphatic carbocycles. The lowest BCUT2D eigenvalue weighted by Gasteiger charge is -2.34. The Labute approximate surface area is 138 Å². The van der Waals surface area contributed by atoms with Crippen molar-refractivity contribution in [3.05, 3.63) is 30.1 Å². The maximum atomic E-state index is 11.2. The van der Waals surface area contributed by atoms with Gasteiger partial charge in [0.05, 0.1) is 0 Å². The maximum Gasteiger partial charge on any atom is 0.217 e. The zero-order valence-electron chi connectivity index (χ0n) is 13.9. The molecule has 23 heavy (non-hydrogen) atoms. The van der Waals surface area contributed by atoms with E-state index in [1.807, 2.05) is 12.3 Å². The summed E-state index contributed by atoms with van der Waals surface area (Å²) in [5.74, 6) is 1.06. The molecule has 1 saturated heterocycles. The molecule has 6 heteroatoms. The molecule has 2 rings (SSSR count). The van der Waals surface area contributed by atoms with Crippen LogP contribution in [0.2, 0.25) is 0 Å². The highest BCUT2D eigenvalue weighted by atomic mass is 16.1. The number of primary amides is 1. The molecule has 1 aliphatic heterocycles. The molecule has 3 N–H and O–H groups in total. The molecule has 1 aliphatic rings. The highest BCUT2D eigenvalue weighted by Gasteiger charge is 2.23. The third kappa shape index (κ3) is 5.88. The van der Waals surface area contributed by atoms with Crippen molar-refractivity contribution < 1.29 is 4.79 Å². The van der Waals surface area contributed by atoms with Crippen molar-refractivity contribution in [2.24, 2.45) is 16.6 Å². The van der Waals surface area contributed by atoms with E-state index in [2.05, 4.69) is 28.2 Å². The fourth-order valence-electron chi connectivity index (χ4n) is 2.97. The molecule has 2 heterocycles. The van der Waals surface area contributed by atoms with Crippen molar-refractivity contribution in [3.8, 4) is 0 Å². The van der Waals surface area contributed by atoms with Crippen molar-refractivity contribution in [1.29, 1.82) is 0 Å². The van der Waals surface area contributed by atoms with Crippen LogP contribution in [0.25, 0.3) is 0 Å². The van der Waals surface area contributed by atoms with E-state index in [0.717, 1.165) is 51.4 Å². The number of nitrogens with two attached hydrogens (primary N) is 1. The van der Waals surface area contributed by atoms with Crippen LogP contribution in [-0.4, -0.2) is 47.9 Å². The predicted octanol–water partition coefficient (Wildman–Crippen LogP) is 1.18. The number of piperidine rings is 1. The van der Waals surface area contributed by atoms with Gasteiger partial charge in [0.1, 0.15) is 0 Å². The number of aliphatic imine (C=N–C) groups is 1. The molecule has 1 atom stereocenters. The van der Waals surface area contributed by atoms with Gasteiger partial charge >= 0.3 is 0 Å². The van der Waals surface area contributed by atoms with E-state index in [9.17, 15) is 4.79 Å². The minimum Gasteiger partial charge on any atom is -0.370 e. The standard InChI is InChI=1S/C17H27N5O/c1-2-20-17(21-9-7-14-5-3-8-19-12-14)22-10-4-6-15(13-22)11-16(18)23/h3,5,8,12,15H,2,4,6-7,9-11,13H2,1H3,(H2,18,23)(H,20,21). The van der Waals surface area contributed by atoms with Gasteiger partial charge in [-0.2, -0.15) is 0 Å². The topological polar surface area (TPSA) is 83.6 Å². The highest BCUT2D eigenvalue weighted by molar-refractivity contribution is 5.80. The van der Waals surface area contributed by atoms with Gasteiger partial charge in [0, 0.05) is 45.0 Å². The first-order valence-corrected chi connectivity index (χ1v) is 8.39. The number of likely N-dealkylation sites (tertiary alicyclic amines) is 1. The normalized spacial score (nSPS) is 18.7. The van der Waals surface area contributed by atoms with E-state index in [1.54, 1.807) is 6.20 Å². The van der Waals surface area contributed by atoms with Gasteiger partial charge in [-0.05, 0) is 43.7 Å². The summed E-state index contributed by atoms with van der Waals surface area (Å²) in [6.07, 6.45) is 7.14. The lowest BCUT2D eigenvalue weighted by molar-refractivity contribution is -0.119. The number of carbonyl (C=O) groups is 1. The Bertz CT molecular complexity index is 517. The monoisotopic (exact) mass is 317 g/mol. The Balaban J connectivity index is 1.93. The quantitative estimate of drug-likeness (QED) is 0.609. The molecule has 6 nitrogen and oxygen atoms in total. The van der Waals surface area contributed by atoms with Crippen LogP contribution in [0.5, 0.6) is 0 Å². The number of amides is 1. The predicted molar refractivity (Wildman–Crippen MR) is 92.0 cm³/mol. The van der Waals surface area contributed by atoms with E-state index < -0.39 is 0 Å². The summed E-state index contributed by atoms with van der Waals surface area (Å²) in [7, 11) is 0. The first-order valence-electron chi connectivity index (χ1n) is 8.39. The fraction of sp³-hybridized carbons (Fsp3) is 0.588. The minimum absolute atomic E-state index is 0.213. The van der Waals surface area contributed by atoms with E-state index in [-0.39, 0.29) is 5.91 Å². The van der Waals surface area contributed by atoms with E-state index in [0.29, 0.717) is 12.3 Å². The van der Waals surface area contributed by atoms with Crippen LogP contribution >= 0.6 is 0 Å². The average molecular weight is 317 g/mol. The van der Waals surface area contributed by atoms with Gasteiger partial charge in [0.25, 0.3) is 0 Å². The van der Waals surface area contributed by atoms with Crippen molar-refractivity contribution in [1.82, 2.24) is 15.2 Å². The Morgan fingerprint density at radius 3 is 3.13 bits per heavy atom. The van der Waals surface area contributed by atoms with Crippen LogP contribution < -0.4 is 11.1 Å². The summed E-state index contributed by atoms with van der Waals surface area (Å²) in [6.45, 7) is 5.46. The zero-order valence-corrected chi connectivity index (χ0v) is 13.9. The van der Waals surface area contributed by atoms with Crippen LogP contribution in [-0.2, 0) is 11.2 Å². The van der Waals surface area contributed by atoms with Crippen LogP contribution in [0.1, 0.15) is 31.7 Å². The Kier molecular flexibility index (Phi) is 6.84. The Morgan fingerprint density at radius 2 is 2.43 bits per heavy atom. The molecule has 0 aromatic carbocycles. The maximum absolute atomic E-state index is 11.2. The number of rotatable bonds is 6. The van der Waals surface area contributed by atoms with E-state index in [4.69, 9.17) is 10.7 Å². The summed E-state index contributed by atoms with van der Waals surface area (Å²) in [6, 6.07) is 4.02. The SMILES string of the molecule is CCNC(=NCCc1cccnc1)N1CCCC(CC(N)=O)C1. The average Bonchev–Trinajstić information content (AvgIpc) is 2.55. The van der Waals surface area contributed by atoms with Crippen molar-refractivity contribution >= 4 is 11.9 Å². The van der Waals surface area contributed by atoms with E-state index >= 15 is 0 Å². The lowest BCUT2D eigenvalue weighted by Crippen LogP contribution is -2.47. The van der Waals surface area contributed by atoms with Gasteiger partial charge in [0.2, 0.25) is 5.91 Å². The van der Waals surface area contributed by atoms with Crippen LogP contribution in [0.4, 0.5) is 0 Å². The van der Waals surface area contributed by atoms with Crippen LogP contribution in [0.15, 0.2) is 29.5 Å². The molecule has 0 radical (unpaired) electrons. The second-order valence-electron chi connectivity index (χ2n) is 5.97. The third-order valence-electron chi connectivity index (χ3n) is 4.03. The number of nitrogens with zero attached hydrogens (tertiary/aromatic N) is 3. The number of carbonyl (C=O) groups excluding carboxylic acids is 1. The molecule has 0 saturated carbocycles. The number of hydrogen-bond acceptors (Lipinski definition) is 3. The molecule has 126 valence electrons. The first-order chi connectivity index (χ1) is 11.2.